The first-order valence-corrected chi connectivity index (χ1v) is 6.82. The molecule has 2 aromatic rings. The summed E-state index contributed by atoms with van der Waals surface area (Å²) in [5.41, 5.74) is 4.91. The summed E-state index contributed by atoms with van der Waals surface area (Å²) in [7, 11) is 0. The third-order valence-electron chi connectivity index (χ3n) is 3.51. The number of carbonyl (C=O) groups excluding carboxylic acids is 1. The average Bonchev–Trinajstić information content (AvgIpc) is 2.88. The van der Waals surface area contributed by atoms with Gasteiger partial charge in [-0.25, -0.2) is 4.98 Å². The SMILES string of the molecule is NC(=O)c1nc(-c2ccccc2)cn([C@@H]2O[CH][C@H](O)[C@H]2O)c1=O. The molecular formula is C15H14N3O5. The minimum atomic E-state index is -1.35. The van der Waals surface area contributed by atoms with Gasteiger partial charge in [0.25, 0.3) is 11.5 Å². The first-order valence-electron chi connectivity index (χ1n) is 6.82. The van der Waals surface area contributed by atoms with Gasteiger partial charge in [-0.3, -0.25) is 14.2 Å². The molecule has 1 radical (unpaired) electrons. The first-order chi connectivity index (χ1) is 11.0. The van der Waals surface area contributed by atoms with E-state index in [4.69, 9.17) is 10.5 Å². The molecule has 1 aromatic heterocycles. The summed E-state index contributed by atoms with van der Waals surface area (Å²) < 4.78 is 6.13. The van der Waals surface area contributed by atoms with E-state index in [1.54, 1.807) is 24.3 Å². The summed E-state index contributed by atoms with van der Waals surface area (Å²) in [6.07, 6.45) is -2.40. The number of aliphatic hydroxyl groups excluding tert-OH is 2. The van der Waals surface area contributed by atoms with E-state index in [-0.39, 0.29) is 0 Å². The Morgan fingerprint density at radius 2 is 1.96 bits per heavy atom. The fraction of sp³-hybridized carbons (Fsp3) is 0.200. The van der Waals surface area contributed by atoms with Crippen LogP contribution in [0.1, 0.15) is 16.7 Å². The molecule has 23 heavy (non-hydrogen) atoms. The molecule has 1 fully saturated rings. The number of aromatic nitrogens is 2. The van der Waals surface area contributed by atoms with Gasteiger partial charge in [-0.1, -0.05) is 30.3 Å². The van der Waals surface area contributed by atoms with E-state index in [1.807, 2.05) is 6.07 Å². The zero-order valence-corrected chi connectivity index (χ0v) is 11.9. The number of benzene rings is 1. The number of ether oxygens (including phenoxy) is 1. The molecule has 0 spiro atoms. The highest BCUT2D eigenvalue weighted by Crippen LogP contribution is 2.27. The van der Waals surface area contributed by atoms with Crippen LogP contribution in [-0.2, 0) is 4.74 Å². The van der Waals surface area contributed by atoms with Crippen molar-refractivity contribution in [3.8, 4) is 11.3 Å². The zero-order chi connectivity index (χ0) is 16.6. The van der Waals surface area contributed by atoms with E-state index in [9.17, 15) is 19.8 Å². The Bertz CT molecular complexity index is 789. The summed E-state index contributed by atoms with van der Waals surface area (Å²) >= 11 is 0. The molecule has 4 N–H and O–H groups in total. The number of aliphatic hydroxyl groups is 2. The standard InChI is InChI=1S/C15H14N3O5/c16-13(21)11-14(22)18(15-12(20)10(19)7-23-15)6-9(17-11)8-4-2-1-3-5-8/h1-7,10,12,15,19-20H,(H2,16,21)/t10-,12+,15+/m0/s1. The second kappa shape index (κ2) is 5.92. The Morgan fingerprint density at radius 1 is 1.26 bits per heavy atom. The Kier molecular flexibility index (Phi) is 3.95. The van der Waals surface area contributed by atoms with E-state index in [0.717, 1.165) is 11.2 Å². The number of hydrogen-bond donors (Lipinski definition) is 3. The Morgan fingerprint density at radius 3 is 2.52 bits per heavy atom. The normalized spacial score (nSPS) is 23.8. The maximum atomic E-state index is 12.3. The number of amides is 1. The topological polar surface area (TPSA) is 128 Å². The summed E-state index contributed by atoms with van der Waals surface area (Å²) in [6, 6.07) is 8.84. The van der Waals surface area contributed by atoms with Crippen molar-refractivity contribution < 1.29 is 19.7 Å². The molecule has 8 heteroatoms. The molecule has 8 nitrogen and oxygen atoms in total. The zero-order valence-electron chi connectivity index (χ0n) is 11.9. The van der Waals surface area contributed by atoms with Crippen LogP contribution in [-0.4, -0.2) is 37.9 Å². The Balaban J connectivity index is 2.17. The van der Waals surface area contributed by atoms with E-state index in [1.165, 1.54) is 6.20 Å². The van der Waals surface area contributed by atoms with Gasteiger partial charge in [0, 0.05) is 11.8 Å². The van der Waals surface area contributed by atoms with Crippen LogP contribution in [0.3, 0.4) is 0 Å². The molecule has 3 rings (SSSR count). The van der Waals surface area contributed by atoms with Crippen LogP contribution in [0.2, 0.25) is 0 Å². The van der Waals surface area contributed by atoms with Crippen molar-refractivity contribution >= 4 is 5.91 Å². The van der Waals surface area contributed by atoms with Gasteiger partial charge in [0.2, 0.25) is 0 Å². The van der Waals surface area contributed by atoms with Gasteiger partial charge in [0.15, 0.2) is 11.9 Å². The van der Waals surface area contributed by atoms with E-state index in [0.29, 0.717) is 11.3 Å². The lowest BCUT2D eigenvalue weighted by atomic mass is 10.1. The largest absolute Gasteiger partial charge is 0.387 e. The molecule has 1 aromatic carbocycles. The molecule has 1 amide bonds. The van der Waals surface area contributed by atoms with E-state index >= 15 is 0 Å². The monoisotopic (exact) mass is 316 g/mol. The molecule has 2 heterocycles. The predicted octanol–water partition coefficient (Wildman–Crippen LogP) is -0.578. The molecule has 0 bridgehead atoms. The van der Waals surface area contributed by atoms with Gasteiger partial charge in [-0.15, -0.1) is 0 Å². The maximum absolute atomic E-state index is 12.3. The smallest absolute Gasteiger partial charge is 0.284 e. The second-order valence-corrected chi connectivity index (χ2v) is 5.06. The van der Waals surface area contributed by atoms with Crippen molar-refractivity contribution in [2.45, 2.75) is 18.4 Å². The minimum absolute atomic E-state index is 0.316. The summed E-state index contributed by atoms with van der Waals surface area (Å²) in [6.45, 7) is 1.02. The molecule has 0 aliphatic carbocycles. The van der Waals surface area contributed by atoms with Crippen LogP contribution in [0.5, 0.6) is 0 Å². The highest BCUT2D eigenvalue weighted by molar-refractivity contribution is 5.90. The van der Waals surface area contributed by atoms with Crippen LogP contribution in [0, 0.1) is 6.61 Å². The molecule has 0 unspecified atom stereocenters. The summed E-state index contributed by atoms with van der Waals surface area (Å²) in [4.78, 5) is 27.9. The van der Waals surface area contributed by atoms with Crippen LogP contribution < -0.4 is 11.3 Å². The van der Waals surface area contributed by atoms with Crippen LogP contribution in [0.4, 0.5) is 0 Å². The molecular weight excluding hydrogens is 302 g/mol. The second-order valence-electron chi connectivity index (χ2n) is 5.06. The highest BCUT2D eigenvalue weighted by atomic mass is 16.5. The van der Waals surface area contributed by atoms with Gasteiger partial charge in [-0.05, 0) is 0 Å². The van der Waals surface area contributed by atoms with Crippen molar-refractivity contribution in [1.82, 2.24) is 9.55 Å². The van der Waals surface area contributed by atoms with Crippen molar-refractivity contribution in [2.24, 2.45) is 5.73 Å². The van der Waals surface area contributed by atoms with Crippen LogP contribution in [0.25, 0.3) is 11.3 Å². The fourth-order valence-electron chi connectivity index (χ4n) is 2.33. The third kappa shape index (κ3) is 2.74. The molecule has 1 saturated heterocycles. The van der Waals surface area contributed by atoms with Crippen LogP contribution >= 0.6 is 0 Å². The Labute approximate surface area is 130 Å². The fourth-order valence-corrected chi connectivity index (χ4v) is 2.33. The third-order valence-corrected chi connectivity index (χ3v) is 3.51. The lowest BCUT2D eigenvalue weighted by Crippen LogP contribution is -2.38. The summed E-state index contributed by atoms with van der Waals surface area (Å²) in [5.74, 6) is -0.987. The van der Waals surface area contributed by atoms with Crippen molar-refractivity contribution in [1.29, 1.82) is 0 Å². The summed E-state index contributed by atoms with van der Waals surface area (Å²) in [5, 5.41) is 19.5. The molecule has 0 saturated carbocycles. The molecule has 3 atom stereocenters. The van der Waals surface area contributed by atoms with Gasteiger partial charge in [0.05, 0.1) is 5.69 Å². The van der Waals surface area contributed by atoms with Crippen LogP contribution in [0.15, 0.2) is 41.3 Å². The van der Waals surface area contributed by atoms with Crippen molar-refractivity contribution in [3.05, 3.63) is 59.2 Å². The highest BCUT2D eigenvalue weighted by Gasteiger charge is 2.37. The van der Waals surface area contributed by atoms with E-state index in [2.05, 4.69) is 4.98 Å². The van der Waals surface area contributed by atoms with Crippen molar-refractivity contribution in [2.75, 3.05) is 0 Å². The number of hydrogen-bond acceptors (Lipinski definition) is 6. The van der Waals surface area contributed by atoms with Crippen molar-refractivity contribution in [3.63, 3.8) is 0 Å². The van der Waals surface area contributed by atoms with Gasteiger partial charge in [0.1, 0.15) is 18.8 Å². The molecule has 1 aliphatic rings. The maximum Gasteiger partial charge on any atom is 0.284 e. The lowest BCUT2D eigenvalue weighted by Gasteiger charge is -2.19. The number of nitrogens with zero attached hydrogens (tertiary/aromatic N) is 2. The predicted molar refractivity (Wildman–Crippen MR) is 78.9 cm³/mol. The average molecular weight is 316 g/mol. The number of rotatable bonds is 3. The Hall–Kier alpha value is -2.55. The molecule has 119 valence electrons. The van der Waals surface area contributed by atoms with Gasteiger partial charge >= 0.3 is 0 Å². The quantitative estimate of drug-likeness (QED) is 0.695. The van der Waals surface area contributed by atoms with Gasteiger partial charge < -0.3 is 20.7 Å². The number of carbonyl (C=O) groups is 1. The van der Waals surface area contributed by atoms with Gasteiger partial charge in [-0.2, -0.15) is 0 Å². The molecule has 1 aliphatic heterocycles. The lowest BCUT2D eigenvalue weighted by molar-refractivity contribution is -0.0163. The number of primary amides is 1. The first kappa shape index (κ1) is 15.3. The number of nitrogens with two attached hydrogens (primary N) is 1. The minimum Gasteiger partial charge on any atom is -0.387 e. The van der Waals surface area contributed by atoms with E-state index < -0.39 is 35.6 Å².